The molecular weight excluding hydrogens is 493 g/mol. The monoisotopic (exact) mass is 527 g/mol. The van der Waals surface area contributed by atoms with Crippen molar-refractivity contribution in [1.29, 1.82) is 0 Å². The summed E-state index contributed by atoms with van der Waals surface area (Å²) in [6.07, 6.45) is 2.45. The average Bonchev–Trinajstić information content (AvgIpc) is 3.14. The summed E-state index contributed by atoms with van der Waals surface area (Å²) in [6.45, 7) is 11.9. The van der Waals surface area contributed by atoms with Crippen molar-refractivity contribution in [2.24, 2.45) is 4.99 Å². The number of aromatic nitrogens is 2. The largest absolute Gasteiger partial charge is 0.487 e. The van der Waals surface area contributed by atoms with Crippen LogP contribution in [0.1, 0.15) is 76.7 Å². The third-order valence-corrected chi connectivity index (χ3v) is 4.85. The number of ether oxygens (including phenoxy) is 1. The summed E-state index contributed by atoms with van der Waals surface area (Å²) in [5, 5.41) is 11.0. The van der Waals surface area contributed by atoms with Crippen molar-refractivity contribution < 1.29 is 9.26 Å². The molecule has 1 atom stereocenters. The zero-order valence-electron chi connectivity index (χ0n) is 18.6. The van der Waals surface area contributed by atoms with E-state index in [9.17, 15) is 0 Å². The number of guanidine groups is 1. The van der Waals surface area contributed by atoms with Gasteiger partial charge < -0.3 is 19.9 Å². The summed E-state index contributed by atoms with van der Waals surface area (Å²) < 4.78 is 11.4. The lowest BCUT2D eigenvalue weighted by molar-refractivity contribution is 0.0694. The number of aryl methyl sites for hydroxylation is 1. The Kier molecular flexibility index (Phi) is 8.93. The van der Waals surface area contributed by atoms with Gasteiger partial charge in [0, 0.05) is 37.4 Å². The Morgan fingerprint density at radius 1 is 1.30 bits per heavy atom. The van der Waals surface area contributed by atoms with E-state index in [1.807, 2.05) is 12.1 Å². The first-order valence-electron chi connectivity index (χ1n) is 10.5. The zero-order chi connectivity index (χ0) is 20.9. The summed E-state index contributed by atoms with van der Waals surface area (Å²) >= 11 is 0. The highest BCUT2D eigenvalue weighted by molar-refractivity contribution is 14.0. The lowest BCUT2D eigenvalue weighted by atomic mass is 9.90. The maximum atomic E-state index is 6.13. The van der Waals surface area contributed by atoms with Crippen molar-refractivity contribution in [2.75, 3.05) is 13.1 Å². The number of nitrogens with one attached hydrogen (secondary N) is 2. The van der Waals surface area contributed by atoms with Gasteiger partial charge in [-0.05, 0) is 33.3 Å². The van der Waals surface area contributed by atoms with Gasteiger partial charge in [-0.1, -0.05) is 37.2 Å². The highest BCUT2D eigenvalue weighted by Crippen LogP contribution is 2.39. The van der Waals surface area contributed by atoms with E-state index in [4.69, 9.17) is 14.3 Å². The molecule has 0 saturated carbocycles. The number of aliphatic imine (C=N–C) groups is 1. The smallest absolute Gasteiger partial charge is 0.226 e. The van der Waals surface area contributed by atoms with Gasteiger partial charge in [0.05, 0.1) is 6.04 Å². The molecular formula is C22H34IN5O2. The molecule has 2 aromatic rings. The Morgan fingerprint density at radius 2 is 2.07 bits per heavy atom. The zero-order valence-corrected chi connectivity index (χ0v) is 20.9. The molecule has 0 radical (unpaired) electrons. The van der Waals surface area contributed by atoms with Crippen LogP contribution in [0, 0.1) is 0 Å². The van der Waals surface area contributed by atoms with E-state index in [1.165, 1.54) is 5.56 Å². The van der Waals surface area contributed by atoms with E-state index in [1.54, 1.807) is 0 Å². The first-order chi connectivity index (χ1) is 13.9. The Labute approximate surface area is 196 Å². The molecule has 7 nitrogen and oxygen atoms in total. The highest BCUT2D eigenvalue weighted by Gasteiger charge is 2.33. The van der Waals surface area contributed by atoms with E-state index in [0.717, 1.165) is 43.3 Å². The highest BCUT2D eigenvalue weighted by atomic mass is 127. The molecule has 0 amide bonds. The van der Waals surface area contributed by atoms with Crippen LogP contribution in [0.3, 0.4) is 0 Å². The number of benzene rings is 1. The van der Waals surface area contributed by atoms with Crippen molar-refractivity contribution in [3.8, 4) is 5.75 Å². The lowest BCUT2D eigenvalue weighted by Gasteiger charge is -2.38. The second-order valence-electron chi connectivity index (χ2n) is 8.37. The van der Waals surface area contributed by atoms with Gasteiger partial charge in [0.15, 0.2) is 11.8 Å². The molecule has 1 aliphatic rings. The minimum atomic E-state index is -0.227. The molecule has 0 bridgehead atoms. The van der Waals surface area contributed by atoms with Gasteiger partial charge in [-0.2, -0.15) is 4.98 Å². The Morgan fingerprint density at radius 3 is 2.77 bits per heavy atom. The summed E-state index contributed by atoms with van der Waals surface area (Å²) in [5.74, 6) is 3.48. The van der Waals surface area contributed by atoms with Crippen molar-refractivity contribution in [3.63, 3.8) is 0 Å². The predicted octanol–water partition coefficient (Wildman–Crippen LogP) is 4.60. The second-order valence-corrected chi connectivity index (χ2v) is 8.37. The number of nitrogens with zero attached hydrogens (tertiary/aromatic N) is 3. The number of hydrogen-bond donors (Lipinski definition) is 2. The van der Waals surface area contributed by atoms with Crippen LogP contribution in [0.4, 0.5) is 0 Å². The Bertz CT molecular complexity index is 834. The number of rotatable bonds is 7. The molecule has 1 aliphatic heterocycles. The van der Waals surface area contributed by atoms with Crippen LogP contribution >= 0.6 is 24.0 Å². The number of halogens is 1. The van der Waals surface area contributed by atoms with Crippen LogP contribution in [0.2, 0.25) is 0 Å². The minimum absolute atomic E-state index is 0. The van der Waals surface area contributed by atoms with Crippen LogP contribution in [0.25, 0.3) is 0 Å². The second kappa shape index (κ2) is 11.0. The molecule has 1 aromatic carbocycles. The van der Waals surface area contributed by atoms with Crippen LogP contribution in [0.15, 0.2) is 33.8 Å². The molecule has 1 aromatic heterocycles. The van der Waals surface area contributed by atoms with E-state index in [2.05, 4.69) is 67.5 Å². The summed E-state index contributed by atoms with van der Waals surface area (Å²) in [6, 6.07) is 8.36. The third kappa shape index (κ3) is 6.58. The average molecular weight is 527 g/mol. The number of hydrogen-bond acceptors (Lipinski definition) is 5. The van der Waals surface area contributed by atoms with E-state index >= 15 is 0 Å². The summed E-state index contributed by atoms with van der Waals surface area (Å²) in [5.41, 5.74) is 0.944. The number of fused-ring (bicyclic) bond motifs is 1. The van der Waals surface area contributed by atoms with Crippen LogP contribution in [-0.2, 0) is 6.42 Å². The molecule has 0 spiro atoms. The predicted molar refractivity (Wildman–Crippen MR) is 130 cm³/mol. The fourth-order valence-electron chi connectivity index (χ4n) is 3.44. The third-order valence-electron chi connectivity index (χ3n) is 4.85. The van der Waals surface area contributed by atoms with E-state index < -0.39 is 0 Å². The molecule has 0 aliphatic carbocycles. The van der Waals surface area contributed by atoms with Gasteiger partial charge in [-0.15, -0.1) is 24.0 Å². The molecule has 2 heterocycles. The fourth-order valence-corrected chi connectivity index (χ4v) is 3.44. The van der Waals surface area contributed by atoms with Crippen molar-refractivity contribution in [1.82, 2.24) is 20.8 Å². The molecule has 166 valence electrons. The minimum Gasteiger partial charge on any atom is -0.487 e. The molecule has 0 saturated heterocycles. The topological polar surface area (TPSA) is 84.6 Å². The number of para-hydroxylation sites is 1. The fraction of sp³-hybridized carbons (Fsp3) is 0.591. The maximum Gasteiger partial charge on any atom is 0.226 e. The standard InChI is InChI=1S/C22H33N5O2.HI/c1-6-23-21(24-13-9-12-19-26-20(15(2)3)27-29-19)25-17-14-22(4,5)28-18-11-8-7-10-16(17)18;/h7-8,10-11,15,17H,6,9,12-14H2,1-5H3,(H2,23,24,25);1H. The van der Waals surface area contributed by atoms with Crippen LogP contribution in [-0.4, -0.2) is 34.8 Å². The summed E-state index contributed by atoms with van der Waals surface area (Å²) in [7, 11) is 0. The van der Waals surface area contributed by atoms with Crippen LogP contribution in [0.5, 0.6) is 5.75 Å². The van der Waals surface area contributed by atoms with Gasteiger partial charge in [-0.25, -0.2) is 0 Å². The Hall–Kier alpha value is -1.84. The van der Waals surface area contributed by atoms with Crippen molar-refractivity contribution >= 4 is 29.9 Å². The first kappa shape index (κ1) is 24.4. The molecule has 8 heteroatoms. The molecule has 0 fully saturated rings. The SMILES string of the molecule is CCNC(=NCCCc1nc(C(C)C)no1)NC1CC(C)(C)Oc2ccccc21.I. The van der Waals surface area contributed by atoms with Gasteiger partial charge in [-0.3, -0.25) is 4.99 Å². The van der Waals surface area contributed by atoms with E-state index in [0.29, 0.717) is 12.4 Å². The molecule has 3 rings (SSSR count). The van der Waals surface area contributed by atoms with Gasteiger partial charge in [0.1, 0.15) is 11.4 Å². The molecule has 1 unspecified atom stereocenters. The normalized spacial score (nSPS) is 17.7. The van der Waals surface area contributed by atoms with Gasteiger partial charge in [0.2, 0.25) is 5.89 Å². The van der Waals surface area contributed by atoms with Crippen molar-refractivity contribution in [2.45, 2.75) is 71.4 Å². The van der Waals surface area contributed by atoms with Crippen molar-refractivity contribution in [3.05, 3.63) is 41.5 Å². The van der Waals surface area contributed by atoms with Gasteiger partial charge in [0.25, 0.3) is 0 Å². The quantitative estimate of drug-likeness (QED) is 0.237. The van der Waals surface area contributed by atoms with Gasteiger partial charge >= 0.3 is 0 Å². The summed E-state index contributed by atoms with van der Waals surface area (Å²) in [4.78, 5) is 9.17. The first-order valence-corrected chi connectivity index (χ1v) is 10.5. The molecule has 2 N–H and O–H groups in total. The Balaban J connectivity index is 0.00000320. The van der Waals surface area contributed by atoms with Crippen LogP contribution < -0.4 is 15.4 Å². The maximum absolute atomic E-state index is 6.13. The van der Waals surface area contributed by atoms with E-state index in [-0.39, 0.29) is 41.5 Å². The lowest BCUT2D eigenvalue weighted by Crippen LogP contribution is -2.45. The molecule has 30 heavy (non-hydrogen) atoms.